The van der Waals surface area contributed by atoms with E-state index in [1.54, 1.807) is 0 Å². The fourth-order valence-electron chi connectivity index (χ4n) is 2.24. The molecule has 5 nitrogen and oxygen atoms in total. The minimum atomic E-state index is -0.00221. The van der Waals surface area contributed by atoms with Gasteiger partial charge in [-0.2, -0.15) is 0 Å². The molecule has 0 spiro atoms. The SMILES string of the molecule is Cc1cc(Cl)ccc1NCC(=O)NCCN1CCOCC1. The number of amides is 1. The lowest BCUT2D eigenvalue weighted by molar-refractivity contribution is -0.119. The maximum Gasteiger partial charge on any atom is 0.239 e. The van der Waals surface area contributed by atoms with Gasteiger partial charge in [-0.3, -0.25) is 9.69 Å². The van der Waals surface area contributed by atoms with Gasteiger partial charge in [-0.1, -0.05) is 11.6 Å². The maximum atomic E-state index is 11.8. The highest BCUT2D eigenvalue weighted by Crippen LogP contribution is 2.19. The number of aryl methyl sites for hydroxylation is 1. The predicted molar refractivity (Wildman–Crippen MR) is 84.9 cm³/mol. The van der Waals surface area contributed by atoms with E-state index in [1.165, 1.54) is 0 Å². The minimum Gasteiger partial charge on any atom is -0.379 e. The number of benzene rings is 1. The zero-order chi connectivity index (χ0) is 15.1. The number of morpholine rings is 1. The first-order chi connectivity index (χ1) is 10.1. The Morgan fingerprint density at radius 2 is 2.14 bits per heavy atom. The molecule has 6 heteroatoms. The molecule has 0 aliphatic carbocycles. The second-order valence-corrected chi connectivity index (χ2v) is 5.55. The Balaban J connectivity index is 1.65. The highest BCUT2D eigenvalue weighted by atomic mass is 35.5. The van der Waals surface area contributed by atoms with Gasteiger partial charge in [-0.25, -0.2) is 0 Å². The molecule has 0 bridgehead atoms. The number of ether oxygens (including phenoxy) is 1. The molecule has 0 aromatic heterocycles. The number of carbonyl (C=O) groups is 1. The lowest BCUT2D eigenvalue weighted by atomic mass is 10.2. The van der Waals surface area contributed by atoms with Crippen molar-refractivity contribution < 1.29 is 9.53 Å². The summed E-state index contributed by atoms with van der Waals surface area (Å²) in [7, 11) is 0. The monoisotopic (exact) mass is 311 g/mol. The molecule has 1 aliphatic heterocycles. The summed E-state index contributed by atoms with van der Waals surface area (Å²) in [5, 5.41) is 6.75. The van der Waals surface area contributed by atoms with Crippen molar-refractivity contribution in [3.8, 4) is 0 Å². The molecular formula is C15H22ClN3O2. The van der Waals surface area contributed by atoms with Gasteiger partial charge in [-0.05, 0) is 30.7 Å². The summed E-state index contributed by atoms with van der Waals surface area (Å²) in [5.41, 5.74) is 1.96. The van der Waals surface area contributed by atoms with Crippen molar-refractivity contribution >= 4 is 23.2 Å². The third-order valence-corrected chi connectivity index (χ3v) is 3.72. The van der Waals surface area contributed by atoms with Crippen LogP contribution in [0, 0.1) is 6.92 Å². The van der Waals surface area contributed by atoms with Crippen molar-refractivity contribution in [2.75, 3.05) is 51.3 Å². The number of hydrogen-bond acceptors (Lipinski definition) is 4. The Bertz CT molecular complexity index is 476. The number of halogens is 1. The van der Waals surface area contributed by atoms with E-state index in [0.29, 0.717) is 11.6 Å². The average molecular weight is 312 g/mol. The zero-order valence-corrected chi connectivity index (χ0v) is 13.1. The Hall–Kier alpha value is -1.30. The van der Waals surface area contributed by atoms with Gasteiger partial charge in [-0.15, -0.1) is 0 Å². The molecule has 0 atom stereocenters. The van der Waals surface area contributed by atoms with Gasteiger partial charge in [0.2, 0.25) is 5.91 Å². The largest absolute Gasteiger partial charge is 0.379 e. The maximum absolute atomic E-state index is 11.8. The van der Waals surface area contributed by atoms with Gasteiger partial charge in [0, 0.05) is 36.9 Å². The average Bonchev–Trinajstić information content (AvgIpc) is 2.47. The lowest BCUT2D eigenvalue weighted by Gasteiger charge is -2.26. The fraction of sp³-hybridized carbons (Fsp3) is 0.533. The normalized spacial score (nSPS) is 15.7. The summed E-state index contributed by atoms with van der Waals surface area (Å²) < 4.78 is 5.29. The van der Waals surface area contributed by atoms with Crippen LogP contribution in [0.3, 0.4) is 0 Å². The number of anilines is 1. The molecule has 1 aliphatic rings. The van der Waals surface area contributed by atoms with Gasteiger partial charge in [0.05, 0.1) is 19.8 Å². The van der Waals surface area contributed by atoms with Gasteiger partial charge in [0.25, 0.3) is 0 Å². The summed E-state index contributed by atoms with van der Waals surface area (Å²) in [6.07, 6.45) is 0. The fourth-order valence-corrected chi connectivity index (χ4v) is 2.47. The smallest absolute Gasteiger partial charge is 0.239 e. The third-order valence-electron chi connectivity index (χ3n) is 3.48. The number of hydrogen-bond donors (Lipinski definition) is 2. The van der Waals surface area contributed by atoms with E-state index >= 15 is 0 Å². The summed E-state index contributed by atoms with van der Waals surface area (Å²) >= 11 is 5.90. The van der Waals surface area contributed by atoms with Crippen molar-refractivity contribution in [1.29, 1.82) is 0 Å². The molecule has 1 aromatic rings. The first kappa shape index (κ1) is 16.1. The number of nitrogens with one attached hydrogen (secondary N) is 2. The van der Waals surface area contributed by atoms with E-state index in [0.717, 1.165) is 44.1 Å². The minimum absolute atomic E-state index is 0.00221. The molecule has 1 fully saturated rings. The predicted octanol–water partition coefficient (Wildman–Crippen LogP) is 1.51. The summed E-state index contributed by atoms with van der Waals surface area (Å²) in [5.74, 6) is -0.00221. The van der Waals surface area contributed by atoms with Crippen molar-refractivity contribution in [1.82, 2.24) is 10.2 Å². The van der Waals surface area contributed by atoms with Crippen LogP contribution < -0.4 is 10.6 Å². The lowest BCUT2D eigenvalue weighted by Crippen LogP contribution is -2.42. The molecule has 1 saturated heterocycles. The highest BCUT2D eigenvalue weighted by Gasteiger charge is 2.10. The van der Waals surface area contributed by atoms with Crippen LogP contribution >= 0.6 is 11.6 Å². The Morgan fingerprint density at radius 3 is 2.86 bits per heavy atom. The standard InChI is InChI=1S/C15H22ClN3O2/c1-12-10-13(16)2-3-14(12)18-11-15(20)17-4-5-19-6-8-21-9-7-19/h2-3,10,18H,4-9,11H2,1H3,(H,17,20). The van der Waals surface area contributed by atoms with Gasteiger partial charge in [0.15, 0.2) is 0 Å². The van der Waals surface area contributed by atoms with Crippen LogP contribution in [0.25, 0.3) is 0 Å². The number of rotatable bonds is 6. The molecule has 0 saturated carbocycles. The Labute approximate surface area is 130 Å². The van der Waals surface area contributed by atoms with E-state index in [2.05, 4.69) is 15.5 Å². The van der Waals surface area contributed by atoms with E-state index in [4.69, 9.17) is 16.3 Å². The topological polar surface area (TPSA) is 53.6 Å². The molecule has 2 N–H and O–H groups in total. The number of nitrogens with zero attached hydrogens (tertiary/aromatic N) is 1. The van der Waals surface area contributed by atoms with Crippen LogP contribution in [0.1, 0.15) is 5.56 Å². The third kappa shape index (κ3) is 5.53. The molecule has 0 radical (unpaired) electrons. The van der Waals surface area contributed by atoms with Crippen LogP contribution in [-0.4, -0.2) is 56.7 Å². The molecule has 1 amide bonds. The second-order valence-electron chi connectivity index (χ2n) is 5.12. The highest BCUT2D eigenvalue weighted by molar-refractivity contribution is 6.30. The molecule has 1 aromatic carbocycles. The first-order valence-electron chi connectivity index (χ1n) is 7.22. The molecule has 0 unspecified atom stereocenters. The van der Waals surface area contributed by atoms with Crippen LogP contribution in [-0.2, 0) is 9.53 Å². The van der Waals surface area contributed by atoms with Crippen LogP contribution in [0.4, 0.5) is 5.69 Å². The van der Waals surface area contributed by atoms with Gasteiger partial charge < -0.3 is 15.4 Å². The summed E-state index contributed by atoms with van der Waals surface area (Å²) in [6.45, 7) is 7.22. The van der Waals surface area contributed by atoms with Crippen molar-refractivity contribution in [2.24, 2.45) is 0 Å². The number of carbonyl (C=O) groups excluding carboxylic acids is 1. The van der Waals surface area contributed by atoms with Crippen LogP contribution in [0.5, 0.6) is 0 Å². The second kappa shape index (κ2) is 8.22. The molecule has 116 valence electrons. The van der Waals surface area contributed by atoms with E-state index in [9.17, 15) is 4.79 Å². The summed E-state index contributed by atoms with van der Waals surface area (Å²) in [6, 6.07) is 5.58. The van der Waals surface area contributed by atoms with Crippen molar-refractivity contribution in [2.45, 2.75) is 6.92 Å². The van der Waals surface area contributed by atoms with Crippen LogP contribution in [0.2, 0.25) is 5.02 Å². The molecule has 21 heavy (non-hydrogen) atoms. The van der Waals surface area contributed by atoms with Crippen molar-refractivity contribution in [3.63, 3.8) is 0 Å². The zero-order valence-electron chi connectivity index (χ0n) is 12.3. The molecule has 2 rings (SSSR count). The van der Waals surface area contributed by atoms with Crippen LogP contribution in [0.15, 0.2) is 18.2 Å². The summed E-state index contributed by atoms with van der Waals surface area (Å²) in [4.78, 5) is 14.1. The van der Waals surface area contributed by atoms with Gasteiger partial charge >= 0.3 is 0 Å². The quantitative estimate of drug-likeness (QED) is 0.836. The van der Waals surface area contributed by atoms with Crippen molar-refractivity contribution in [3.05, 3.63) is 28.8 Å². The van der Waals surface area contributed by atoms with E-state index < -0.39 is 0 Å². The van der Waals surface area contributed by atoms with Gasteiger partial charge in [0.1, 0.15) is 0 Å². The van der Waals surface area contributed by atoms with E-state index in [-0.39, 0.29) is 12.5 Å². The Kier molecular flexibility index (Phi) is 6.29. The molecular weight excluding hydrogens is 290 g/mol. The Morgan fingerprint density at radius 1 is 1.38 bits per heavy atom. The molecule has 1 heterocycles. The van der Waals surface area contributed by atoms with E-state index in [1.807, 2.05) is 25.1 Å². The first-order valence-corrected chi connectivity index (χ1v) is 7.60.